The van der Waals surface area contributed by atoms with Crippen molar-refractivity contribution >= 4 is 15.9 Å². The number of amides is 1. The van der Waals surface area contributed by atoms with Crippen LogP contribution in [0.25, 0.3) is 0 Å². The van der Waals surface area contributed by atoms with Crippen molar-refractivity contribution < 1.29 is 13.2 Å². The van der Waals surface area contributed by atoms with Crippen LogP contribution in [0.4, 0.5) is 0 Å². The first kappa shape index (κ1) is 19.5. The van der Waals surface area contributed by atoms with E-state index in [0.717, 1.165) is 23.1 Å². The molecule has 0 aromatic heterocycles. The Morgan fingerprint density at radius 1 is 1.11 bits per heavy atom. The van der Waals surface area contributed by atoms with Gasteiger partial charge in [-0.05, 0) is 41.7 Å². The number of nitrogens with two attached hydrogens (primary N) is 1. The predicted molar refractivity (Wildman–Crippen MR) is 105 cm³/mol. The lowest BCUT2D eigenvalue weighted by Crippen LogP contribution is -2.32. The average Bonchev–Trinajstić information content (AvgIpc) is 2.89. The molecular weight excluding hydrogens is 362 g/mol. The highest BCUT2D eigenvalue weighted by Gasteiger charge is 2.20. The van der Waals surface area contributed by atoms with Gasteiger partial charge in [-0.1, -0.05) is 36.4 Å². The van der Waals surface area contributed by atoms with Gasteiger partial charge >= 0.3 is 0 Å². The molecule has 0 bridgehead atoms. The summed E-state index contributed by atoms with van der Waals surface area (Å²) in [4.78, 5) is 13.6. The van der Waals surface area contributed by atoms with E-state index in [9.17, 15) is 13.2 Å². The third-order valence-corrected chi connectivity index (χ3v) is 6.38. The van der Waals surface area contributed by atoms with Crippen molar-refractivity contribution in [2.24, 2.45) is 5.73 Å². The van der Waals surface area contributed by atoms with E-state index in [-0.39, 0.29) is 17.3 Å². The molecule has 6 nitrogen and oxygen atoms in total. The first-order valence-corrected chi connectivity index (χ1v) is 10.5. The van der Waals surface area contributed by atoms with Crippen molar-refractivity contribution in [3.05, 3.63) is 65.2 Å². The molecule has 0 saturated heterocycles. The van der Waals surface area contributed by atoms with Gasteiger partial charge in [-0.15, -0.1) is 0 Å². The molecule has 144 valence electrons. The van der Waals surface area contributed by atoms with Gasteiger partial charge in [0, 0.05) is 32.6 Å². The average molecular weight is 388 g/mol. The fourth-order valence-corrected chi connectivity index (χ4v) is 4.39. The van der Waals surface area contributed by atoms with Crippen LogP contribution >= 0.6 is 0 Å². The molecule has 2 aromatic rings. The normalized spacial score (nSPS) is 15.7. The van der Waals surface area contributed by atoms with Gasteiger partial charge in [0.2, 0.25) is 15.9 Å². The lowest BCUT2D eigenvalue weighted by molar-refractivity contribution is -0.128. The molecule has 1 heterocycles. The molecule has 3 rings (SSSR count). The van der Waals surface area contributed by atoms with Gasteiger partial charge < -0.3 is 10.6 Å². The van der Waals surface area contributed by atoms with Crippen molar-refractivity contribution in [2.75, 3.05) is 19.6 Å². The van der Waals surface area contributed by atoms with E-state index in [1.807, 2.05) is 36.4 Å². The smallest absolute Gasteiger partial charge is 0.240 e. The van der Waals surface area contributed by atoms with Crippen molar-refractivity contribution in [3.63, 3.8) is 0 Å². The lowest BCUT2D eigenvalue weighted by atomic mass is 10.0. The second kappa shape index (κ2) is 8.21. The second-order valence-electron chi connectivity index (χ2n) is 6.81. The van der Waals surface area contributed by atoms with Crippen LogP contribution in [0.2, 0.25) is 0 Å². The van der Waals surface area contributed by atoms with Crippen LogP contribution in [0.3, 0.4) is 0 Å². The zero-order valence-electron chi connectivity index (χ0n) is 15.4. The maximum Gasteiger partial charge on any atom is 0.240 e. The summed E-state index contributed by atoms with van der Waals surface area (Å²) in [5, 5.41) is 0. The maximum absolute atomic E-state index is 12.7. The molecule has 1 aliphatic heterocycles. The lowest BCUT2D eigenvalue weighted by Gasteiger charge is -2.17. The van der Waals surface area contributed by atoms with Crippen LogP contribution in [0.5, 0.6) is 0 Å². The molecule has 1 unspecified atom stereocenters. The molecule has 0 saturated carbocycles. The highest BCUT2D eigenvalue weighted by Crippen LogP contribution is 2.21. The predicted octanol–water partition coefficient (Wildman–Crippen LogP) is 1.61. The summed E-state index contributed by atoms with van der Waals surface area (Å²) in [7, 11) is -3.65. The minimum Gasteiger partial charge on any atom is -0.342 e. The van der Waals surface area contributed by atoms with E-state index < -0.39 is 16.1 Å². The number of hydrogen-bond donors (Lipinski definition) is 2. The number of nitrogens with one attached hydrogen (secondary N) is 1. The SMILES string of the molecule is CC(=O)N1CCc2ccc(S(=O)(=O)NCC(N)c3ccccc3)cc2CC1. The summed E-state index contributed by atoms with van der Waals surface area (Å²) in [6.45, 7) is 2.96. The monoisotopic (exact) mass is 387 g/mol. The highest BCUT2D eigenvalue weighted by molar-refractivity contribution is 7.89. The quantitative estimate of drug-likeness (QED) is 0.815. The van der Waals surface area contributed by atoms with Crippen molar-refractivity contribution in [2.45, 2.75) is 30.7 Å². The van der Waals surface area contributed by atoms with Crippen LogP contribution in [0.1, 0.15) is 29.7 Å². The molecule has 0 spiro atoms. The number of hydrogen-bond acceptors (Lipinski definition) is 4. The molecule has 0 fully saturated rings. The van der Waals surface area contributed by atoms with Gasteiger partial charge in [-0.2, -0.15) is 0 Å². The third kappa shape index (κ3) is 4.74. The Bertz CT molecular complexity index is 913. The van der Waals surface area contributed by atoms with Crippen molar-refractivity contribution in [1.82, 2.24) is 9.62 Å². The fraction of sp³-hybridized carbons (Fsp3) is 0.350. The van der Waals surface area contributed by atoms with Gasteiger partial charge in [0.15, 0.2) is 0 Å². The molecule has 27 heavy (non-hydrogen) atoms. The molecule has 0 aliphatic carbocycles. The minimum absolute atomic E-state index is 0.0483. The summed E-state index contributed by atoms with van der Waals surface area (Å²) >= 11 is 0. The molecular formula is C20H25N3O3S. The number of benzene rings is 2. The van der Waals surface area contributed by atoms with Gasteiger partial charge in [-0.25, -0.2) is 13.1 Å². The molecule has 1 atom stereocenters. The zero-order chi connectivity index (χ0) is 19.4. The minimum atomic E-state index is -3.65. The Morgan fingerprint density at radius 3 is 2.44 bits per heavy atom. The molecule has 7 heteroatoms. The summed E-state index contributed by atoms with van der Waals surface area (Å²) in [6, 6.07) is 14.2. The first-order chi connectivity index (χ1) is 12.9. The van der Waals surface area contributed by atoms with Gasteiger partial charge in [0.05, 0.1) is 4.90 Å². The third-order valence-electron chi connectivity index (χ3n) is 4.96. The van der Waals surface area contributed by atoms with E-state index >= 15 is 0 Å². The number of carbonyl (C=O) groups is 1. The Balaban J connectivity index is 1.71. The van der Waals surface area contributed by atoms with Crippen LogP contribution in [-0.4, -0.2) is 38.9 Å². The van der Waals surface area contributed by atoms with E-state index in [0.29, 0.717) is 19.5 Å². The van der Waals surface area contributed by atoms with E-state index in [4.69, 9.17) is 5.73 Å². The van der Waals surface area contributed by atoms with E-state index in [1.54, 1.807) is 24.0 Å². The zero-order valence-corrected chi connectivity index (χ0v) is 16.2. The number of carbonyl (C=O) groups excluding carboxylic acids is 1. The van der Waals surface area contributed by atoms with Gasteiger partial charge in [-0.3, -0.25) is 4.79 Å². The number of fused-ring (bicyclic) bond motifs is 1. The maximum atomic E-state index is 12.7. The largest absolute Gasteiger partial charge is 0.342 e. The summed E-state index contributed by atoms with van der Waals surface area (Å²) in [5.74, 6) is 0.0483. The van der Waals surface area contributed by atoms with Gasteiger partial charge in [0.25, 0.3) is 0 Å². The standard InChI is InChI=1S/C20H25N3O3S/c1-15(24)23-11-9-16-7-8-19(13-18(16)10-12-23)27(25,26)22-14-20(21)17-5-3-2-4-6-17/h2-8,13,20,22H,9-12,14,21H2,1H3. The number of sulfonamides is 1. The van der Waals surface area contributed by atoms with E-state index in [2.05, 4.69) is 4.72 Å². The summed E-state index contributed by atoms with van der Waals surface area (Å²) in [5.41, 5.74) is 9.05. The number of rotatable bonds is 5. The molecule has 0 radical (unpaired) electrons. The van der Waals surface area contributed by atoms with Crippen LogP contribution in [0, 0.1) is 0 Å². The van der Waals surface area contributed by atoms with Gasteiger partial charge in [0.1, 0.15) is 0 Å². The molecule has 2 aromatic carbocycles. The number of nitrogens with zero attached hydrogens (tertiary/aromatic N) is 1. The Labute approximate surface area is 160 Å². The topological polar surface area (TPSA) is 92.5 Å². The van der Waals surface area contributed by atoms with Crippen molar-refractivity contribution in [1.29, 1.82) is 0 Å². The second-order valence-corrected chi connectivity index (χ2v) is 8.57. The first-order valence-electron chi connectivity index (χ1n) is 9.04. The van der Waals surface area contributed by atoms with Crippen molar-refractivity contribution in [3.8, 4) is 0 Å². The summed E-state index contributed by atoms with van der Waals surface area (Å²) < 4.78 is 28.0. The van der Waals surface area contributed by atoms with Crippen LogP contribution in [0.15, 0.2) is 53.4 Å². The Kier molecular flexibility index (Phi) is 5.94. The summed E-state index contributed by atoms with van der Waals surface area (Å²) in [6.07, 6.45) is 1.39. The highest BCUT2D eigenvalue weighted by atomic mass is 32.2. The Morgan fingerprint density at radius 2 is 1.78 bits per heavy atom. The van der Waals surface area contributed by atoms with Crippen LogP contribution in [-0.2, 0) is 27.7 Å². The molecule has 3 N–H and O–H groups in total. The molecule has 1 amide bonds. The van der Waals surface area contributed by atoms with Crippen LogP contribution < -0.4 is 10.5 Å². The Hall–Kier alpha value is -2.22. The van der Waals surface area contributed by atoms with E-state index in [1.165, 1.54) is 0 Å². The fourth-order valence-electron chi connectivity index (χ4n) is 3.28. The molecule has 1 aliphatic rings.